The average molecular weight is 264 g/mol. The van der Waals surface area contributed by atoms with Crippen LogP contribution >= 0.6 is 11.3 Å². The van der Waals surface area contributed by atoms with Crippen LogP contribution in [0.2, 0.25) is 0 Å². The van der Waals surface area contributed by atoms with Crippen molar-refractivity contribution in [1.82, 2.24) is 4.98 Å². The van der Waals surface area contributed by atoms with E-state index >= 15 is 0 Å². The molecule has 0 aliphatic carbocycles. The second kappa shape index (κ2) is 6.35. The largest absolute Gasteiger partial charge is 0.449 e. The van der Waals surface area contributed by atoms with Crippen LogP contribution in [-0.4, -0.2) is 17.7 Å². The van der Waals surface area contributed by atoms with E-state index < -0.39 is 6.09 Å². The molecule has 0 aliphatic heterocycles. The second-order valence-corrected chi connectivity index (χ2v) is 4.99. The topological polar surface area (TPSA) is 51.2 Å². The molecule has 18 heavy (non-hydrogen) atoms. The first-order chi connectivity index (χ1) is 8.79. The molecule has 0 aliphatic rings. The number of ether oxygens (including phenoxy) is 1. The molecule has 0 radical (unpaired) electrons. The summed E-state index contributed by atoms with van der Waals surface area (Å²) in [4.78, 5) is 15.8. The third-order valence-corrected chi connectivity index (χ3v) is 3.44. The van der Waals surface area contributed by atoms with E-state index in [-0.39, 0.29) is 0 Å². The Morgan fingerprint density at radius 3 is 3.00 bits per heavy atom. The second-order valence-electron chi connectivity index (χ2n) is 3.95. The number of unbranched alkanes of at least 4 members (excludes halogenated alkanes) is 2. The first-order valence-electron chi connectivity index (χ1n) is 6.09. The molecule has 2 aromatic rings. The molecule has 1 heterocycles. The highest BCUT2D eigenvalue weighted by Gasteiger charge is 2.07. The van der Waals surface area contributed by atoms with E-state index in [0.717, 1.165) is 29.5 Å². The molecule has 96 valence electrons. The molecule has 0 fully saturated rings. The van der Waals surface area contributed by atoms with Gasteiger partial charge in [-0.2, -0.15) is 0 Å². The van der Waals surface area contributed by atoms with Gasteiger partial charge in [-0.15, -0.1) is 0 Å². The molecule has 1 aromatic carbocycles. The number of thiazole rings is 1. The van der Waals surface area contributed by atoms with Crippen LogP contribution in [0.25, 0.3) is 10.2 Å². The number of nitrogens with zero attached hydrogens (tertiary/aromatic N) is 1. The molecule has 2 rings (SSSR count). The third kappa shape index (κ3) is 3.43. The summed E-state index contributed by atoms with van der Waals surface area (Å²) in [5.41, 5.74) is 0.892. The fourth-order valence-corrected chi connectivity index (χ4v) is 2.42. The normalized spacial score (nSPS) is 10.5. The Bertz CT molecular complexity index is 491. The first-order valence-corrected chi connectivity index (χ1v) is 6.90. The summed E-state index contributed by atoms with van der Waals surface area (Å²) < 4.78 is 6.12. The Kier molecular flexibility index (Phi) is 4.52. The zero-order valence-electron chi connectivity index (χ0n) is 10.3. The molecule has 1 N–H and O–H groups in total. The van der Waals surface area contributed by atoms with Crippen molar-refractivity contribution in [2.45, 2.75) is 26.2 Å². The maximum Gasteiger partial charge on any atom is 0.413 e. The van der Waals surface area contributed by atoms with Gasteiger partial charge in [0.05, 0.1) is 16.8 Å². The number of anilines is 1. The van der Waals surface area contributed by atoms with Crippen molar-refractivity contribution >= 4 is 32.8 Å². The highest BCUT2D eigenvalue weighted by Crippen LogP contribution is 2.25. The first kappa shape index (κ1) is 12.8. The SMILES string of the molecule is CCCCCOC(=O)Nc1nc2ccccc2s1. The number of hydrogen-bond acceptors (Lipinski definition) is 4. The molecule has 4 nitrogen and oxygen atoms in total. The van der Waals surface area contributed by atoms with E-state index in [0.29, 0.717) is 11.7 Å². The highest BCUT2D eigenvalue weighted by molar-refractivity contribution is 7.22. The van der Waals surface area contributed by atoms with Crippen LogP contribution in [0.1, 0.15) is 26.2 Å². The number of benzene rings is 1. The maximum absolute atomic E-state index is 11.5. The number of fused-ring (bicyclic) bond motifs is 1. The van der Waals surface area contributed by atoms with Gasteiger partial charge in [0.2, 0.25) is 0 Å². The Balaban J connectivity index is 1.86. The summed E-state index contributed by atoms with van der Waals surface area (Å²) in [5.74, 6) is 0. The molecule has 1 amide bonds. The number of hydrogen-bond donors (Lipinski definition) is 1. The van der Waals surface area contributed by atoms with Gasteiger partial charge >= 0.3 is 6.09 Å². The predicted molar refractivity (Wildman–Crippen MR) is 74.1 cm³/mol. The number of amides is 1. The molecule has 1 aromatic heterocycles. The Labute approximate surface area is 110 Å². The van der Waals surface area contributed by atoms with Gasteiger partial charge in [0.15, 0.2) is 5.13 Å². The van der Waals surface area contributed by atoms with Gasteiger partial charge in [-0.3, -0.25) is 5.32 Å². The smallest absolute Gasteiger partial charge is 0.413 e. The highest BCUT2D eigenvalue weighted by atomic mass is 32.1. The minimum Gasteiger partial charge on any atom is -0.449 e. The van der Waals surface area contributed by atoms with E-state index in [9.17, 15) is 4.79 Å². The number of nitrogens with one attached hydrogen (secondary N) is 1. The zero-order valence-corrected chi connectivity index (χ0v) is 11.1. The molecule has 0 saturated heterocycles. The summed E-state index contributed by atoms with van der Waals surface area (Å²) in [6.45, 7) is 2.58. The van der Waals surface area contributed by atoms with Gasteiger partial charge < -0.3 is 4.74 Å². The van der Waals surface area contributed by atoms with Crippen LogP contribution in [0.3, 0.4) is 0 Å². The van der Waals surface area contributed by atoms with E-state index in [1.165, 1.54) is 11.3 Å². The van der Waals surface area contributed by atoms with E-state index in [2.05, 4.69) is 17.2 Å². The van der Waals surface area contributed by atoms with E-state index in [1.807, 2.05) is 24.3 Å². The molecular formula is C13H16N2O2S. The maximum atomic E-state index is 11.5. The van der Waals surface area contributed by atoms with Gasteiger partial charge in [-0.1, -0.05) is 43.2 Å². The van der Waals surface area contributed by atoms with Gasteiger partial charge in [0.25, 0.3) is 0 Å². The number of aromatic nitrogens is 1. The van der Waals surface area contributed by atoms with Crippen LogP contribution in [0.15, 0.2) is 24.3 Å². The van der Waals surface area contributed by atoms with Gasteiger partial charge in [-0.05, 0) is 18.6 Å². The Morgan fingerprint density at radius 2 is 2.22 bits per heavy atom. The lowest BCUT2D eigenvalue weighted by molar-refractivity contribution is 0.159. The predicted octanol–water partition coefficient (Wildman–Crippen LogP) is 4.04. The number of carbonyl (C=O) groups excluding carboxylic acids is 1. The van der Waals surface area contributed by atoms with Gasteiger partial charge in [0.1, 0.15) is 0 Å². The molecule has 0 spiro atoms. The number of para-hydroxylation sites is 1. The Hall–Kier alpha value is -1.62. The fourth-order valence-electron chi connectivity index (χ4n) is 1.57. The summed E-state index contributed by atoms with van der Waals surface area (Å²) in [5, 5.41) is 3.23. The van der Waals surface area contributed by atoms with Crippen LogP contribution < -0.4 is 5.32 Å². The van der Waals surface area contributed by atoms with Crippen molar-refractivity contribution in [2.24, 2.45) is 0 Å². The third-order valence-electron chi connectivity index (χ3n) is 2.48. The van der Waals surface area contributed by atoms with Crippen molar-refractivity contribution in [3.8, 4) is 0 Å². The van der Waals surface area contributed by atoms with Crippen molar-refractivity contribution in [3.05, 3.63) is 24.3 Å². The lowest BCUT2D eigenvalue weighted by Crippen LogP contribution is -2.14. The minimum atomic E-state index is -0.426. The average Bonchev–Trinajstić information content (AvgIpc) is 2.76. The molecular weight excluding hydrogens is 248 g/mol. The molecule has 0 unspecified atom stereocenters. The van der Waals surface area contributed by atoms with Crippen molar-refractivity contribution < 1.29 is 9.53 Å². The van der Waals surface area contributed by atoms with Crippen molar-refractivity contribution in [2.75, 3.05) is 11.9 Å². The van der Waals surface area contributed by atoms with Crippen LogP contribution in [-0.2, 0) is 4.74 Å². The Morgan fingerprint density at radius 1 is 1.39 bits per heavy atom. The zero-order chi connectivity index (χ0) is 12.8. The van der Waals surface area contributed by atoms with Crippen molar-refractivity contribution in [3.63, 3.8) is 0 Å². The van der Waals surface area contributed by atoms with Crippen LogP contribution in [0.4, 0.5) is 9.93 Å². The quantitative estimate of drug-likeness (QED) is 0.829. The van der Waals surface area contributed by atoms with Crippen molar-refractivity contribution in [1.29, 1.82) is 0 Å². The summed E-state index contributed by atoms with van der Waals surface area (Å²) >= 11 is 1.45. The van der Waals surface area contributed by atoms with E-state index in [4.69, 9.17) is 4.74 Å². The van der Waals surface area contributed by atoms with Gasteiger partial charge in [0, 0.05) is 0 Å². The van der Waals surface area contributed by atoms with Crippen LogP contribution in [0, 0.1) is 0 Å². The molecule has 0 atom stereocenters. The number of carbonyl (C=O) groups is 1. The standard InChI is InChI=1S/C13H16N2O2S/c1-2-3-6-9-17-13(16)15-12-14-10-7-4-5-8-11(10)18-12/h4-5,7-8H,2-3,6,9H2,1H3,(H,14,15,16). The van der Waals surface area contributed by atoms with E-state index in [1.54, 1.807) is 0 Å². The summed E-state index contributed by atoms with van der Waals surface area (Å²) in [6.07, 6.45) is 2.67. The summed E-state index contributed by atoms with van der Waals surface area (Å²) in [7, 11) is 0. The molecule has 0 bridgehead atoms. The van der Waals surface area contributed by atoms with Crippen LogP contribution in [0.5, 0.6) is 0 Å². The lowest BCUT2D eigenvalue weighted by Gasteiger charge is -2.03. The summed E-state index contributed by atoms with van der Waals surface area (Å²) in [6, 6.07) is 7.77. The molecule has 5 heteroatoms. The number of rotatable bonds is 5. The van der Waals surface area contributed by atoms with Gasteiger partial charge in [-0.25, -0.2) is 9.78 Å². The monoisotopic (exact) mass is 264 g/mol. The molecule has 0 saturated carbocycles. The lowest BCUT2D eigenvalue weighted by atomic mass is 10.3. The minimum absolute atomic E-state index is 0.426. The fraction of sp³-hybridized carbons (Fsp3) is 0.385.